The number of guanidine groups is 1. The van der Waals surface area contributed by atoms with Gasteiger partial charge in [-0.25, -0.2) is 23.0 Å². The third-order valence-electron chi connectivity index (χ3n) is 6.18. The number of amides is 1. The molecular weight excluding hydrogens is 591 g/mol. The van der Waals surface area contributed by atoms with Crippen LogP contribution in [0.5, 0.6) is 0 Å². The Kier molecular flexibility index (Phi) is 5.75. The van der Waals surface area contributed by atoms with Crippen LogP contribution in [0.1, 0.15) is 28.9 Å². The minimum absolute atomic E-state index is 0.0671. The van der Waals surface area contributed by atoms with Gasteiger partial charge in [0, 0.05) is 19.6 Å². The fourth-order valence-corrected chi connectivity index (χ4v) is 6.11. The molecule has 184 valence electrons. The van der Waals surface area contributed by atoms with Gasteiger partial charge in [-0.3, -0.25) is 4.79 Å². The number of rotatable bonds is 3. The number of fused-ring (bicyclic) bond motifs is 1. The van der Waals surface area contributed by atoms with E-state index in [1.807, 2.05) is 29.5 Å². The summed E-state index contributed by atoms with van der Waals surface area (Å²) in [5.41, 5.74) is 12.3. The summed E-state index contributed by atoms with van der Waals surface area (Å²) in [7, 11) is -3.80. The zero-order valence-corrected chi connectivity index (χ0v) is 21.4. The Morgan fingerprint density at radius 2 is 1.89 bits per heavy atom. The molecule has 1 amide bonds. The number of carbonyl (C=O) groups excluding carboxylic acids is 1. The van der Waals surface area contributed by atoms with E-state index in [4.69, 9.17) is 16.1 Å². The van der Waals surface area contributed by atoms with E-state index in [0.717, 1.165) is 5.56 Å². The lowest BCUT2D eigenvalue weighted by Gasteiger charge is -2.37. The van der Waals surface area contributed by atoms with Crippen molar-refractivity contribution in [2.75, 3.05) is 31.1 Å². The van der Waals surface area contributed by atoms with E-state index in [9.17, 15) is 13.2 Å². The molecular formula is C19H21IN10O4S. The summed E-state index contributed by atoms with van der Waals surface area (Å²) in [5.74, 6) is -0.356. The van der Waals surface area contributed by atoms with Crippen LogP contribution in [-0.2, 0) is 10.0 Å². The molecule has 2 aliphatic rings. The number of nitrogen functional groups attached to an aromatic ring is 2. The van der Waals surface area contributed by atoms with Crippen LogP contribution in [-0.4, -0.2) is 70.0 Å². The number of aliphatic imine (C=N–C) groups is 1. The number of piperidine rings is 1. The molecule has 0 aliphatic carbocycles. The highest BCUT2D eigenvalue weighted by Crippen LogP contribution is 2.31. The molecule has 14 nitrogen and oxygen atoms in total. The quantitative estimate of drug-likeness (QED) is 0.289. The van der Waals surface area contributed by atoms with Crippen molar-refractivity contribution in [3.63, 3.8) is 0 Å². The lowest BCUT2D eigenvalue weighted by Crippen LogP contribution is -2.53. The number of aryl methyl sites for hydroxylation is 1. The van der Waals surface area contributed by atoms with E-state index in [-0.39, 0.29) is 46.8 Å². The van der Waals surface area contributed by atoms with Gasteiger partial charge in [0.05, 0.1) is 5.54 Å². The standard InChI is InChI=1S/C19H21IN10O4S/c1-9-2-3-10(12-11(9)28-34-29-12)35(32,33)30-6-4-19(5-7-30)8-23-18(27-19)26-17(31)13-15(21)25-16(22)14(20)24-13/h2-3H,4-8H2,1H3,(H4,21,22,25)(H2,23,26,27,31). The predicted octanol–water partition coefficient (Wildman–Crippen LogP) is 0.00272. The number of benzene rings is 1. The molecule has 2 fully saturated rings. The van der Waals surface area contributed by atoms with E-state index in [1.54, 1.807) is 6.07 Å². The minimum atomic E-state index is -3.80. The number of nitrogens with one attached hydrogen (secondary N) is 2. The number of sulfonamides is 1. The first-order chi connectivity index (χ1) is 16.6. The third-order valence-corrected chi connectivity index (χ3v) is 8.90. The Morgan fingerprint density at radius 1 is 1.17 bits per heavy atom. The number of anilines is 2. The molecule has 1 aromatic carbocycles. The minimum Gasteiger partial charge on any atom is -0.382 e. The Morgan fingerprint density at radius 3 is 2.63 bits per heavy atom. The fraction of sp³-hybridized carbons (Fsp3) is 0.368. The molecule has 6 N–H and O–H groups in total. The van der Waals surface area contributed by atoms with Crippen molar-refractivity contribution >= 4 is 67.2 Å². The highest BCUT2D eigenvalue weighted by atomic mass is 127. The van der Waals surface area contributed by atoms with E-state index in [0.29, 0.717) is 28.6 Å². The summed E-state index contributed by atoms with van der Waals surface area (Å²) >= 11 is 1.86. The highest BCUT2D eigenvalue weighted by Gasteiger charge is 2.43. The van der Waals surface area contributed by atoms with Gasteiger partial charge in [0.15, 0.2) is 28.8 Å². The van der Waals surface area contributed by atoms with E-state index in [1.165, 1.54) is 10.4 Å². The van der Waals surface area contributed by atoms with Gasteiger partial charge in [0.2, 0.25) is 10.0 Å². The maximum absolute atomic E-state index is 13.3. The number of hydrogen-bond acceptors (Lipinski definition) is 10. The molecule has 0 radical (unpaired) electrons. The van der Waals surface area contributed by atoms with E-state index < -0.39 is 21.5 Å². The number of nitrogens with two attached hydrogens (primary N) is 2. The first-order valence-electron chi connectivity index (χ1n) is 10.6. The summed E-state index contributed by atoms with van der Waals surface area (Å²) in [6.45, 7) is 2.83. The maximum atomic E-state index is 13.3. The molecule has 2 aliphatic heterocycles. The molecule has 4 heterocycles. The average Bonchev–Trinajstić information content (AvgIpc) is 3.45. The Balaban J connectivity index is 1.30. The number of carbonyl (C=O) groups is 1. The van der Waals surface area contributed by atoms with Crippen LogP contribution in [0.15, 0.2) is 26.6 Å². The van der Waals surface area contributed by atoms with Crippen molar-refractivity contribution < 1.29 is 17.8 Å². The monoisotopic (exact) mass is 612 g/mol. The molecule has 5 rings (SSSR count). The summed E-state index contributed by atoms with van der Waals surface area (Å²) in [4.78, 5) is 24.7. The first-order valence-corrected chi connectivity index (χ1v) is 13.1. The number of hydrogen-bond donors (Lipinski definition) is 4. The number of aromatic nitrogens is 4. The van der Waals surface area contributed by atoms with Crippen LogP contribution in [0.2, 0.25) is 0 Å². The normalized spacial score (nSPS) is 19.2. The first kappa shape index (κ1) is 23.6. The second-order valence-corrected chi connectivity index (χ2v) is 11.3. The van der Waals surface area contributed by atoms with Crippen molar-refractivity contribution in [2.45, 2.75) is 30.2 Å². The Labute approximate surface area is 213 Å². The molecule has 1 spiro atoms. The molecule has 2 saturated heterocycles. The number of halogens is 1. The zero-order chi connectivity index (χ0) is 25.0. The topological polar surface area (TPSA) is 208 Å². The van der Waals surface area contributed by atoms with Crippen LogP contribution >= 0.6 is 22.6 Å². The van der Waals surface area contributed by atoms with Gasteiger partial charge < -0.3 is 22.1 Å². The highest BCUT2D eigenvalue weighted by molar-refractivity contribution is 14.1. The largest absolute Gasteiger partial charge is 0.382 e. The van der Waals surface area contributed by atoms with Crippen molar-refractivity contribution in [1.82, 2.24) is 35.2 Å². The van der Waals surface area contributed by atoms with E-state index in [2.05, 4.69) is 35.9 Å². The van der Waals surface area contributed by atoms with Crippen LogP contribution in [0.25, 0.3) is 11.0 Å². The lowest BCUT2D eigenvalue weighted by atomic mass is 9.90. The SMILES string of the molecule is Cc1ccc(S(=O)(=O)N2CCC3(CC2)CN/C(=N\C(=O)c2nc(I)c(N)nc2N)N3)c2nonc12. The fourth-order valence-electron chi connectivity index (χ4n) is 4.18. The molecule has 0 saturated carbocycles. The van der Waals surface area contributed by atoms with Crippen molar-refractivity contribution in [1.29, 1.82) is 0 Å². The van der Waals surface area contributed by atoms with Gasteiger partial charge in [-0.1, -0.05) is 6.07 Å². The van der Waals surface area contributed by atoms with Gasteiger partial charge in [-0.05, 0) is 64.3 Å². The second kappa shape index (κ2) is 8.52. The van der Waals surface area contributed by atoms with Crippen LogP contribution in [0.4, 0.5) is 11.6 Å². The molecule has 0 unspecified atom stereocenters. The second-order valence-electron chi connectivity index (χ2n) is 8.40. The average molecular weight is 612 g/mol. The van der Waals surface area contributed by atoms with E-state index >= 15 is 0 Å². The van der Waals surface area contributed by atoms with Crippen molar-refractivity contribution in [2.24, 2.45) is 4.99 Å². The van der Waals surface area contributed by atoms with Gasteiger partial charge in [-0.2, -0.15) is 9.30 Å². The summed E-state index contributed by atoms with van der Waals surface area (Å²) < 4.78 is 33.2. The Hall–Kier alpha value is -3.12. The summed E-state index contributed by atoms with van der Waals surface area (Å²) in [6.07, 6.45) is 1.00. The van der Waals surface area contributed by atoms with Crippen LogP contribution < -0.4 is 22.1 Å². The van der Waals surface area contributed by atoms with Crippen molar-refractivity contribution in [3.05, 3.63) is 27.1 Å². The lowest BCUT2D eigenvalue weighted by molar-refractivity contribution is 0.0998. The third kappa shape index (κ3) is 4.14. The van der Waals surface area contributed by atoms with Gasteiger partial charge >= 0.3 is 5.91 Å². The molecule has 35 heavy (non-hydrogen) atoms. The zero-order valence-electron chi connectivity index (χ0n) is 18.4. The Bertz CT molecular complexity index is 1480. The maximum Gasteiger partial charge on any atom is 0.302 e. The van der Waals surface area contributed by atoms with Crippen LogP contribution in [0, 0.1) is 10.6 Å². The van der Waals surface area contributed by atoms with Gasteiger partial charge in [0.25, 0.3) is 0 Å². The molecule has 3 aromatic rings. The molecule has 2 aromatic heterocycles. The molecule has 0 bridgehead atoms. The number of nitrogens with zero attached hydrogens (tertiary/aromatic N) is 6. The van der Waals surface area contributed by atoms with Crippen LogP contribution in [0.3, 0.4) is 0 Å². The molecule has 0 atom stereocenters. The molecule has 16 heteroatoms. The summed E-state index contributed by atoms with van der Waals surface area (Å²) in [5, 5.41) is 13.9. The van der Waals surface area contributed by atoms with Crippen molar-refractivity contribution in [3.8, 4) is 0 Å². The van der Waals surface area contributed by atoms with Gasteiger partial charge in [0.1, 0.15) is 14.1 Å². The summed E-state index contributed by atoms with van der Waals surface area (Å²) in [6, 6.07) is 3.21. The smallest absolute Gasteiger partial charge is 0.302 e. The van der Waals surface area contributed by atoms with Gasteiger partial charge in [-0.15, -0.1) is 0 Å². The predicted molar refractivity (Wildman–Crippen MR) is 134 cm³/mol.